The molecule has 0 radical (unpaired) electrons. The van der Waals surface area contributed by atoms with Crippen LogP contribution >= 0.6 is 0 Å². The van der Waals surface area contributed by atoms with Crippen molar-refractivity contribution < 1.29 is 9.18 Å². The lowest BCUT2D eigenvalue weighted by atomic mass is 10.1. The minimum absolute atomic E-state index is 0.0791. The molecule has 0 bridgehead atoms. The summed E-state index contributed by atoms with van der Waals surface area (Å²) in [5.74, 6) is 0.315. The van der Waals surface area contributed by atoms with Crippen molar-refractivity contribution >= 4 is 11.8 Å². The van der Waals surface area contributed by atoms with E-state index in [1.165, 1.54) is 12.1 Å². The van der Waals surface area contributed by atoms with Crippen LogP contribution in [-0.4, -0.2) is 11.0 Å². The lowest BCUT2D eigenvalue weighted by Gasteiger charge is -2.15. The maximum atomic E-state index is 13.2. The lowest BCUT2D eigenvalue weighted by molar-refractivity contribution is 0.248. The van der Waals surface area contributed by atoms with Crippen LogP contribution in [0.1, 0.15) is 29.2 Å². The molecule has 1 heterocycles. The van der Waals surface area contributed by atoms with Gasteiger partial charge in [0.15, 0.2) is 0 Å². The van der Waals surface area contributed by atoms with Crippen molar-refractivity contribution in [2.75, 3.05) is 5.32 Å². The molecule has 4 nitrogen and oxygen atoms in total. The second-order valence-electron chi connectivity index (χ2n) is 5.20. The van der Waals surface area contributed by atoms with Crippen molar-refractivity contribution in [1.29, 1.82) is 0 Å². The Hall–Kier alpha value is -2.43. The third kappa shape index (κ3) is 2.86. The molecule has 1 aliphatic rings. The Morgan fingerprint density at radius 1 is 1.38 bits per heavy atom. The Morgan fingerprint density at radius 3 is 3.05 bits per heavy atom. The van der Waals surface area contributed by atoms with Crippen LogP contribution in [0.2, 0.25) is 0 Å². The summed E-state index contributed by atoms with van der Waals surface area (Å²) in [6.45, 7) is 1.89. The Labute approximate surface area is 122 Å². The molecule has 0 unspecified atom stereocenters. The van der Waals surface area contributed by atoms with Crippen molar-refractivity contribution in [3.05, 3.63) is 59.0 Å². The lowest BCUT2D eigenvalue weighted by Crippen LogP contribution is -2.32. The van der Waals surface area contributed by atoms with Crippen molar-refractivity contribution in [1.82, 2.24) is 10.3 Å². The summed E-state index contributed by atoms with van der Waals surface area (Å²) in [6.07, 6.45) is 3.20. The van der Waals surface area contributed by atoms with Crippen molar-refractivity contribution in [3.63, 3.8) is 0 Å². The quantitative estimate of drug-likeness (QED) is 0.889. The van der Waals surface area contributed by atoms with Crippen LogP contribution in [0.15, 0.2) is 36.5 Å². The molecule has 0 saturated carbocycles. The van der Waals surface area contributed by atoms with Crippen molar-refractivity contribution in [2.24, 2.45) is 0 Å². The number of rotatable bonds is 2. The van der Waals surface area contributed by atoms with Crippen LogP contribution in [0.3, 0.4) is 0 Å². The van der Waals surface area contributed by atoms with Gasteiger partial charge in [-0.05, 0) is 54.7 Å². The number of nitrogens with zero attached hydrogens (tertiary/aromatic N) is 1. The average molecular weight is 285 g/mol. The van der Waals surface area contributed by atoms with Crippen LogP contribution in [0, 0.1) is 12.7 Å². The zero-order valence-corrected chi connectivity index (χ0v) is 11.7. The molecule has 1 atom stereocenters. The number of halogens is 1. The molecular formula is C16H16FN3O. The van der Waals surface area contributed by atoms with E-state index in [2.05, 4.69) is 15.6 Å². The van der Waals surface area contributed by atoms with E-state index in [0.717, 1.165) is 29.5 Å². The highest BCUT2D eigenvalue weighted by molar-refractivity contribution is 5.89. The second kappa shape index (κ2) is 5.52. The summed E-state index contributed by atoms with van der Waals surface area (Å²) in [5.41, 5.74) is 2.86. The predicted octanol–water partition coefficient (Wildman–Crippen LogP) is 3.34. The molecule has 108 valence electrons. The number of nitrogens with one attached hydrogen (secondary N) is 2. The standard InChI is InChI=1S/C16H16FN3O/c1-10-3-2-8-18-15(10)20-16(21)19-14-7-4-11-9-12(17)5-6-13(11)14/h2-3,5-6,8-9,14H,4,7H2,1H3,(H2,18,19,20,21)/t14-/m0/s1. The molecule has 1 aliphatic carbocycles. The summed E-state index contributed by atoms with van der Waals surface area (Å²) >= 11 is 0. The first-order chi connectivity index (χ1) is 10.1. The van der Waals surface area contributed by atoms with E-state index in [4.69, 9.17) is 0 Å². The first kappa shape index (κ1) is 13.5. The Bertz CT molecular complexity index is 687. The highest BCUT2D eigenvalue weighted by Crippen LogP contribution is 2.31. The topological polar surface area (TPSA) is 54.0 Å². The molecule has 21 heavy (non-hydrogen) atoms. The summed E-state index contributed by atoms with van der Waals surface area (Å²) in [4.78, 5) is 16.2. The van der Waals surface area contributed by atoms with E-state index in [-0.39, 0.29) is 17.9 Å². The van der Waals surface area contributed by atoms with Crippen LogP contribution in [0.25, 0.3) is 0 Å². The molecule has 2 aromatic rings. The predicted molar refractivity (Wildman–Crippen MR) is 78.6 cm³/mol. The van der Waals surface area contributed by atoms with Gasteiger partial charge in [-0.15, -0.1) is 0 Å². The van der Waals surface area contributed by atoms with Gasteiger partial charge in [0, 0.05) is 6.20 Å². The summed E-state index contributed by atoms with van der Waals surface area (Å²) in [5, 5.41) is 5.66. The second-order valence-corrected chi connectivity index (χ2v) is 5.20. The fraction of sp³-hybridized carbons (Fsp3) is 0.250. The van der Waals surface area contributed by atoms with E-state index in [0.29, 0.717) is 5.82 Å². The first-order valence-corrected chi connectivity index (χ1v) is 6.91. The number of fused-ring (bicyclic) bond motifs is 1. The third-order valence-electron chi connectivity index (χ3n) is 3.73. The minimum atomic E-state index is -0.293. The van der Waals surface area contributed by atoms with E-state index < -0.39 is 0 Å². The summed E-state index contributed by atoms with van der Waals surface area (Å²) < 4.78 is 13.2. The monoisotopic (exact) mass is 285 g/mol. The van der Waals surface area contributed by atoms with Crippen LogP contribution in [-0.2, 0) is 6.42 Å². The number of aryl methyl sites for hydroxylation is 2. The van der Waals surface area contributed by atoms with E-state index in [1.54, 1.807) is 12.3 Å². The Balaban J connectivity index is 1.69. The molecular weight excluding hydrogens is 269 g/mol. The highest BCUT2D eigenvalue weighted by Gasteiger charge is 2.24. The van der Waals surface area contributed by atoms with Gasteiger partial charge in [0.2, 0.25) is 0 Å². The fourth-order valence-corrected chi connectivity index (χ4v) is 2.65. The molecule has 1 aromatic carbocycles. The van der Waals surface area contributed by atoms with Gasteiger partial charge in [0.05, 0.1) is 6.04 Å². The van der Waals surface area contributed by atoms with Crippen molar-refractivity contribution in [2.45, 2.75) is 25.8 Å². The third-order valence-corrected chi connectivity index (χ3v) is 3.73. The van der Waals surface area contributed by atoms with Crippen LogP contribution in [0.4, 0.5) is 15.0 Å². The Morgan fingerprint density at radius 2 is 2.24 bits per heavy atom. The number of benzene rings is 1. The van der Waals surface area contributed by atoms with Gasteiger partial charge in [-0.2, -0.15) is 0 Å². The van der Waals surface area contributed by atoms with Gasteiger partial charge in [-0.25, -0.2) is 14.2 Å². The number of hydrogen-bond acceptors (Lipinski definition) is 2. The van der Waals surface area contributed by atoms with Gasteiger partial charge in [0.25, 0.3) is 0 Å². The van der Waals surface area contributed by atoms with E-state index >= 15 is 0 Å². The molecule has 0 spiro atoms. The number of hydrogen-bond donors (Lipinski definition) is 2. The molecule has 2 amide bonds. The van der Waals surface area contributed by atoms with Crippen LogP contribution in [0.5, 0.6) is 0 Å². The Kier molecular flexibility index (Phi) is 3.56. The molecule has 3 rings (SSSR count). The molecule has 5 heteroatoms. The number of urea groups is 1. The number of anilines is 1. The van der Waals surface area contributed by atoms with Crippen molar-refractivity contribution in [3.8, 4) is 0 Å². The van der Waals surface area contributed by atoms with Gasteiger partial charge >= 0.3 is 6.03 Å². The molecule has 0 fully saturated rings. The normalized spacial score (nSPS) is 16.4. The maximum absolute atomic E-state index is 13.2. The molecule has 0 aliphatic heterocycles. The SMILES string of the molecule is Cc1cccnc1NC(=O)N[C@H]1CCc2cc(F)ccc21. The number of carbonyl (C=O) groups is 1. The number of amides is 2. The summed E-state index contributed by atoms with van der Waals surface area (Å²) in [6, 6.07) is 8.05. The van der Waals surface area contributed by atoms with E-state index in [1.807, 2.05) is 19.1 Å². The maximum Gasteiger partial charge on any atom is 0.320 e. The number of carbonyl (C=O) groups excluding carboxylic acids is 1. The average Bonchev–Trinajstić information content (AvgIpc) is 2.83. The largest absolute Gasteiger partial charge is 0.331 e. The molecule has 2 N–H and O–H groups in total. The van der Waals surface area contributed by atoms with Gasteiger partial charge in [-0.3, -0.25) is 5.32 Å². The van der Waals surface area contributed by atoms with Gasteiger partial charge in [0.1, 0.15) is 11.6 Å². The zero-order valence-electron chi connectivity index (χ0n) is 11.7. The van der Waals surface area contributed by atoms with E-state index in [9.17, 15) is 9.18 Å². The minimum Gasteiger partial charge on any atom is -0.331 e. The zero-order chi connectivity index (χ0) is 14.8. The number of aromatic nitrogens is 1. The first-order valence-electron chi connectivity index (χ1n) is 6.91. The van der Waals surface area contributed by atoms with Gasteiger partial charge < -0.3 is 5.32 Å². The smallest absolute Gasteiger partial charge is 0.320 e. The highest BCUT2D eigenvalue weighted by atomic mass is 19.1. The number of pyridine rings is 1. The summed E-state index contributed by atoms with van der Waals surface area (Å²) in [7, 11) is 0. The molecule has 1 aromatic heterocycles. The van der Waals surface area contributed by atoms with Gasteiger partial charge in [-0.1, -0.05) is 12.1 Å². The fourth-order valence-electron chi connectivity index (χ4n) is 2.65. The molecule has 0 saturated heterocycles. The van der Waals surface area contributed by atoms with Crippen LogP contribution < -0.4 is 10.6 Å².